The lowest BCUT2D eigenvalue weighted by Gasteiger charge is -2.22. The maximum atomic E-state index is 11.6. The minimum atomic E-state index is 0.0922. The van der Waals surface area contributed by atoms with Crippen LogP contribution >= 0.6 is 11.8 Å². The molecule has 88 valence electrons. The molecule has 1 aliphatic rings. The van der Waals surface area contributed by atoms with Gasteiger partial charge in [0.25, 0.3) is 0 Å². The molecule has 1 aliphatic heterocycles. The van der Waals surface area contributed by atoms with E-state index < -0.39 is 0 Å². The number of hydrogen-bond acceptors (Lipinski definition) is 4. The average molecular weight is 240 g/mol. The Labute approximate surface area is 98.8 Å². The third kappa shape index (κ3) is 3.53. The van der Waals surface area contributed by atoms with Crippen molar-refractivity contribution in [1.82, 2.24) is 20.8 Å². The van der Waals surface area contributed by atoms with Gasteiger partial charge >= 0.3 is 0 Å². The zero-order valence-electron chi connectivity index (χ0n) is 9.03. The van der Waals surface area contributed by atoms with Crippen molar-refractivity contribution in [3.05, 3.63) is 18.0 Å². The first-order valence-corrected chi connectivity index (χ1v) is 6.56. The van der Waals surface area contributed by atoms with Crippen LogP contribution in [0.25, 0.3) is 0 Å². The van der Waals surface area contributed by atoms with E-state index in [0.717, 1.165) is 23.7 Å². The minimum Gasteiger partial charge on any atom is -0.350 e. The first-order chi connectivity index (χ1) is 7.84. The summed E-state index contributed by atoms with van der Waals surface area (Å²) in [7, 11) is 0. The molecule has 1 aromatic rings. The zero-order valence-corrected chi connectivity index (χ0v) is 9.85. The van der Waals surface area contributed by atoms with Gasteiger partial charge in [0.05, 0.1) is 12.2 Å². The molecule has 1 atom stereocenters. The number of rotatable bonds is 4. The van der Waals surface area contributed by atoms with E-state index in [0.29, 0.717) is 19.0 Å². The Kier molecular flexibility index (Phi) is 4.24. The molecule has 0 aromatic carbocycles. The molecule has 5 nitrogen and oxygen atoms in total. The molecule has 1 saturated heterocycles. The van der Waals surface area contributed by atoms with Crippen molar-refractivity contribution in [1.29, 1.82) is 0 Å². The van der Waals surface area contributed by atoms with Crippen molar-refractivity contribution >= 4 is 17.7 Å². The molecule has 1 amide bonds. The molecule has 0 radical (unpaired) electrons. The smallest absolute Gasteiger partial charge is 0.221 e. The summed E-state index contributed by atoms with van der Waals surface area (Å²) in [6, 6.07) is 2.18. The van der Waals surface area contributed by atoms with E-state index in [1.54, 1.807) is 6.20 Å². The minimum absolute atomic E-state index is 0.0922. The van der Waals surface area contributed by atoms with Crippen LogP contribution in [0.1, 0.15) is 12.1 Å². The highest BCUT2D eigenvalue weighted by atomic mass is 32.2. The molecule has 6 heteroatoms. The van der Waals surface area contributed by atoms with Crippen molar-refractivity contribution < 1.29 is 4.79 Å². The Bertz CT molecular complexity index is 322. The molecule has 2 heterocycles. The Morgan fingerprint density at radius 1 is 1.69 bits per heavy atom. The van der Waals surface area contributed by atoms with Crippen molar-refractivity contribution in [2.24, 2.45) is 0 Å². The van der Waals surface area contributed by atoms with Gasteiger partial charge in [-0.3, -0.25) is 9.89 Å². The molecule has 0 saturated carbocycles. The predicted octanol–water partition coefficient (Wildman–Crippen LogP) is 0.121. The fourth-order valence-corrected chi connectivity index (χ4v) is 2.57. The van der Waals surface area contributed by atoms with Crippen LogP contribution in [0.2, 0.25) is 0 Å². The molecular formula is C10H16N4OS. The van der Waals surface area contributed by atoms with E-state index in [4.69, 9.17) is 0 Å². The van der Waals surface area contributed by atoms with Gasteiger partial charge in [0, 0.05) is 36.7 Å². The highest BCUT2D eigenvalue weighted by Gasteiger charge is 2.16. The van der Waals surface area contributed by atoms with Crippen molar-refractivity contribution in [2.75, 3.05) is 18.1 Å². The van der Waals surface area contributed by atoms with Crippen LogP contribution in [0.4, 0.5) is 0 Å². The number of aromatic amines is 1. The van der Waals surface area contributed by atoms with Crippen molar-refractivity contribution in [3.8, 4) is 0 Å². The Hall–Kier alpha value is -1.01. The molecule has 1 aromatic heterocycles. The molecule has 0 aliphatic carbocycles. The van der Waals surface area contributed by atoms with Gasteiger partial charge in [-0.2, -0.15) is 16.9 Å². The Balaban J connectivity index is 1.67. The van der Waals surface area contributed by atoms with Gasteiger partial charge in [-0.05, 0) is 6.07 Å². The van der Waals surface area contributed by atoms with Gasteiger partial charge in [-0.15, -0.1) is 0 Å². The molecule has 3 N–H and O–H groups in total. The Morgan fingerprint density at radius 3 is 3.31 bits per heavy atom. The van der Waals surface area contributed by atoms with Crippen LogP contribution in [-0.4, -0.2) is 40.2 Å². The quantitative estimate of drug-likeness (QED) is 0.699. The van der Waals surface area contributed by atoms with Crippen LogP contribution < -0.4 is 10.6 Å². The number of nitrogens with zero attached hydrogens (tertiary/aromatic N) is 1. The summed E-state index contributed by atoms with van der Waals surface area (Å²) in [5.41, 5.74) is 0.930. The maximum absolute atomic E-state index is 11.6. The predicted molar refractivity (Wildman–Crippen MR) is 64.2 cm³/mol. The van der Waals surface area contributed by atoms with Crippen LogP contribution in [-0.2, 0) is 11.3 Å². The van der Waals surface area contributed by atoms with Gasteiger partial charge in [-0.25, -0.2) is 0 Å². The van der Waals surface area contributed by atoms with E-state index in [9.17, 15) is 4.79 Å². The maximum Gasteiger partial charge on any atom is 0.221 e. The van der Waals surface area contributed by atoms with E-state index in [1.165, 1.54) is 0 Å². The van der Waals surface area contributed by atoms with Gasteiger partial charge in [-0.1, -0.05) is 0 Å². The first-order valence-electron chi connectivity index (χ1n) is 5.40. The van der Waals surface area contributed by atoms with Crippen LogP contribution in [0.5, 0.6) is 0 Å². The zero-order chi connectivity index (χ0) is 11.2. The summed E-state index contributed by atoms with van der Waals surface area (Å²) in [5, 5.41) is 12.8. The van der Waals surface area contributed by atoms with Gasteiger partial charge < -0.3 is 10.6 Å². The second-order valence-electron chi connectivity index (χ2n) is 3.79. The number of H-pyrrole nitrogens is 1. The SMILES string of the molecule is O=C(CC1CSCCN1)NCc1ccn[nH]1. The first kappa shape index (κ1) is 11.5. The molecule has 2 rings (SSSR count). The number of thioether (sulfide) groups is 1. The molecule has 1 unspecified atom stereocenters. The third-order valence-corrected chi connectivity index (χ3v) is 3.60. The summed E-state index contributed by atoms with van der Waals surface area (Å²) >= 11 is 1.90. The van der Waals surface area contributed by atoms with Crippen LogP contribution in [0.3, 0.4) is 0 Å². The highest BCUT2D eigenvalue weighted by Crippen LogP contribution is 2.09. The lowest BCUT2D eigenvalue weighted by Crippen LogP contribution is -2.41. The largest absolute Gasteiger partial charge is 0.350 e. The molecular weight excluding hydrogens is 224 g/mol. The standard InChI is InChI=1S/C10H16N4OS/c15-10(5-9-7-16-4-3-11-9)12-6-8-1-2-13-14-8/h1-2,9,11H,3-7H2,(H,12,15)(H,13,14). The number of nitrogens with one attached hydrogen (secondary N) is 3. The summed E-state index contributed by atoms with van der Waals surface area (Å²) in [4.78, 5) is 11.6. The molecule has 1 fully saturated rings. The lowest BCUT2D eigenvalue weighted by atomic mass is 10.2. The molecule has 0 spiro atoms. The second kappa shape index (κ2) is 5.91. The van der Waals surface area contributed by atoms with Crippen LogP contribution in [0, 0.1) is 0 Å². The number of aromatic nitrogens is 2. The summed E-state index contributed by atoms with van der Waals surface area (Å²) in [6.07, 6.45) is 2.24. The number of carbonyl (C=O) groups excluding carboxylic acids is 1. The lowest BCUT2D eigenvalue weighted by molar-refractivity contribution is -0.121. The summed E-state index contributed by atoms with van der Waals surface area (Å²) in [5.74, 6) is 2.26. The summed E-state index contributed by atoms with van der Waals surface area (Å²) in [6.45, 7) is 1.53. The van der Waals surface area contributed by atoms with Crippen molar-refractivity contribution in [3.63, 3.8) is 0 Å². The van der Waals surface area contributed by atoms with E-state index in [-0.39, 0.29) is 5.91 Å². The summed E-state index contributed by atoms with van der Waals surface area (Å²) < 4.78 is 0. The van der Waals surface area contributed by atoms with E-state index in [1.807, 2.05) is 17.8 Å². The fraction of sp³-hybridized carbons (Fsp3) is 0.600. The van der Waals surface area contributed by atoms with Crippen molar-refractivity contribution in [2.45, 2.75) is 19.0 Å². The third-order valence-electron chi connectivity index (χ3n) is 2.46. The van der Waals surface area contributed by atoms with E-state index in [2.05, 4.69) is 20.8 Å². The Morgan fingerprint density at radius 2 is 2.62 bits per heavy atom. The monoisotopic (exact) mass is 240 g/mol. The fourth-order valence-electron chi connectivity index (χ4n) is 1.62. The number of hydrogen-bond donors (Lipinski definition) is 3. The highest BCUT2D eigenvalue weighted by molar-refractivity contribution is 7.99. The average Bonchev–Trinajstić information content (AvgIpc) is 2.81. The van der Waals surface area contributed by atoms with Gasteiger partial charge in [0.2, 0.25) is 5.91 Å². The topological polar surface area (TPSA) is 69.8 Å². The normalized spacial score (nSPS) is 20.6. The van der Waals surface area contributed by atoms with Gasteiger partial charge in [0.1, 0.15) is 0 Å². The second-order valence-corrected chi connectivity index (χ2v) is 4.94. The number of amides is 1. The van der Waals surface area contributed by atoms with Crippen LogP contribution in [0.15, 0.2) is 12.3 Å². The molecule has 16 heavy (non-hydrogen) atoms. The molecule has 0 bridgehead atoms. The van der Waals surface area contributed by atoms with Gasteiger partial charge in [0.15, 0.2) is 0 Å². The number of carbonyl (C=O) groups is 1. The van der Waals surface area contributed by atoms with E-state index >= 15 is 0 Å².